The average Bonchev–Trinajstić information content (AvgIpc) is 3.19. The molecule has 0 bridgehead atoms. The van der Waals surface area contributed by atoms with Gasteiger partial charge >= 0.3 is 0 Å². The minimum absolute atomic E-state index is 0.196. The zero-order valence-electron chi connectivity index (χ0n) is 19.4. The lowest BCUT2D eigenvalue weighted by Gasteiger charge is -2.19. The summed E-state index contributed by atoms with van der Waals surface area (Å²) in [6, 6.07) is 22.1. The summed E-state index contributed by atoms with van der Waals surface area (Å²) in [4.78, 5) is 24.8. The Morgan fingerprint density at radius 3 is 2.31 bits per heavy atom. The molecule has 1 aliphatic rings. The van der Waals surface area contributed by atoms with Gasteiger partial charge in [-0.05, 0) is 48.9 Å². The van der Waals surface area contributed by atoms with Crippen molar-refractivity contribution in [2.45, 2.75) is 13.8 Å². The fourth-order valence-corrected chi connectivity index (χ4v) is 4.03. The molecule has 2 N–H and O–H groups in total. The van der Waals surface area contributed by atoms with Crippen LogP contribution in [0.2, 0.25) is 0 Å². The van der Waals surface area contributed by atoms with Gasteiger partial charge in [-0.1, -0.05) is 30.3 Å². The van der Waals surface area contributed by atoms with Crippen molar-refractivity contribution >= 4 is 23.3 Å². The van der Waals surface area contributed by atoms with E-state index in [4.69, 9.17) is 9.47 Å². The molecule has 0 spiro atoms. The molecule has 5 rings (SSSR count). The zero-order chi connectivity index (χ0) is 24.4. The monoisotopic (exact) mass is 468 g/mol. The number of fused-ring (bicyclic) bond motifs is 1. The third-order valence-electron chi connectivity index (χ3n) is 5.59. The normalized spacial score (nSPS) is 12.2. The maximum atomic E-state index is 12.8. The number of ether oxygens (including phenoxy) is 2. The maximum absolute atomic E-state index is 12.8. The van der Waals surface area contributed by atoms with Crippen LogP contribution in [-0.4, -0.2) is 34.8 Å². The number of hydrogen-bond acceptors (Lipinski definition) is 5. The lowest BCUT2D eigenvalue weighted by molar-refractivity contribution is -0.114. The van der Waals surface area contributed by atoms with Gasteiger partial charge in [0.1, 0.15) is 19.0 Å². The summed E-state index contributed by atoms with van der Waals surface area (Å²) in [5.74, 6) is 1.40. The zero-order valence-corrected chi connectivity index (χ0v) is 19.4. The van der Waals surface area contributed by atoms with Gasteiger partial charge in [-0.25, -0.2) is 4.68 Å². The summed E-state index contributed by atoms with van der Waals surface area (Å²) in [6.07, 6.45) is 0. The number of nitrogens with zero attached hydrogens (tertiary/aromatic N) is 2. The molecular formula is C27H24N4O4. The lowest BCUT2D eigenvalue weighted by atomic mass is 10.1. The smallest absolute Gasteiger partial charge is 0.255 e. The van der Waals surface area contributed by atoms with E-state index in [1.807, 2.05) is 37.3 Å². The van der Waals surface area contributed by atoms with E-state index in [9.17, 15) is 9.59 Å². The van der Waals surface area contributed by atoms with E-state index in [0.717, 1.165) is 22.5 Å². The molecule has 0 fully saturated rings. The maximum Gasteiger partial charge on any atom is 0.255 e. The van der Waals surface area contributed by atoms with Gasteiger partial charge in [-0.15, -0.1) is 0 Å². The first-order valence-corrected chi connectivity index (χ1v) is 11.2. The number of rotatable bonds is 5. The van der Waals surface area contributed by atoms with E-state index < -0.39 is 0 Å². The molecule has 0 radical (unpaired) electrons. The van der Waals surface area contributed by atoms with Crippen LogP contribution in [0.1, 0.15) is 23.0 Å². The largest absolute Gasteiger partial charge is 0.486 e. The molecule has 0 saturated heterocycles. The van der Waals surface area contributed by atoms with Crippen LogP contribution in [0.3, 0.4) is 0 Å². The van der Waals surface area contributed by atoms with Gasteiger partial charge in [0, 0.05) is 29.8 Å². The van der Waals surface area contributed by atoms with Crippen molar-refractivity contribution in [3.05, 3.63) is 84.1 Å². The van der Waals surface area contributed by atoms with Gasteiger partial charge in [0.15, 0.2) is 11.5 Å². The highest BCUT2D eigenvalue weighted by molar-refractivity contribution is 6.04. The van der Waals surface area contributed by atoms with Crippen LogP contribution in [0.4, 0.5) is 11.5 Å². The summed E-state index contributed by atoms with van der Waals surface area (Å²) in [5.41, 5.74) is 4.40. The third kappa shape index (κ3) is 4.59. The van der Waals surface area contributed by atoms with Crippen LogP contribution in [0, 0.1) is 6.92 Å². The van der Waals surface area contributed by atoms with Crippen LogP contribution in [-0.2, 0) is 4.79 Å². The molecule has 8 heteroatoms. The number of aromatic nitrogens is 2. The predicted octanol–water partition coefficient (Wildman–Crippen LogP) is 4.83. The Balaban J connectivity index is 1.41. The highest BCUT2D eigenvalue weighted by Gasteiger charge is 2.19. The van der Waals surface area contributed by atoms with E-state index in [0.29, 0.717) is 41.8 Å². The van der Waals surface area contributed by atoms with Gasteiger partial charge < -0.3 is 20.1 Å². The molecule has 1 aromatic heterocycles. The van der Waals surface area contributed by atoms with Gasteiger partial charge in [-0.2, -0.15) is 5.10 Å². The van der Waals surface area contributed by atoms with Crippen molar-refractivity contribution in [2.24, 2.45) is 0 Å². The first-order chi connectivity index (χ1) is 17.0. The average molecular weight is 469 g/mol. The van der Waals surface area contributed by atoms with Crippen LogP contribution in [0.5, 0.6) is 11.5 Å². The Hall–Kier alpha value is -4.59. The second-order valence-corrected chi connectivity index (χ2v) is 8.13. The van der Waals surface area contributed by atoms with Crippen molar-refractivity contribution < 1.29 is 19.1 Å². The molecule has 2 amide bonds. The number of carbonyl (C=O) groups excluding carboxylic acids is 2. The van der Waals surface area contributed by atoms with Gasteiger partial charge in [0.2, 0.25) is 5.91 Å². The number of hydrogen-bond donors (Lipinski definition) is 2. The number of amides is 2. The van der Waals surface area contributed by atoms with Gasteiger partial charge in [0.05, 0.1) is 11.4 Å². The van der Waals surface area contributed by atoms with E-state index in [2.05, 4.69) is 15.7 Å². The summed E-state index contributed by atoms with van der Waals surface area (Å²) in [7, 11) is 0. The van der Waals surface area contributed by atoms with Crippen molar-refractivity contribution in [3.63, 3.8) is 0 Å². The molecular weight excluding hydrogens is 444 g/mol. The fourth-order valence-electron chi connectivity index (χ4n) is 4.03. The summed E-state index contributed by atoms with van der Waals surface area (Å²) >= 11 is 0. The third-order valence-corrected chi connectivity index (χ3v) is 5.59. The van der Waals surface area contributed by atoms with Crippen molar-refractivity contribution in [3.8, 4) is 28.3 Å². The Morgan fingerprint density at radius 1 is 0.886 bits per heavy atom. The molecule has 8 nitrogen and oxygen atoms in total. The molecule has 1 aliphatic heterocycles. The predicted molar refractivity (Wildman–Crippen MR) is 133 cm³/mol. The Bertz CT molecular complexity index is 1390. The van der Waals surface area contributed by atoms with Crippen LogP contribution >= 0.6 is 0 Å². The fraction of sp³-hybridized carbons (Fsp3) is 0.148. The molecule has 35 heavy (non-hydrogen) atoms. The second kappa shape index (κ2) is 9.34. The molecule has 4 aromatic rings. The number of carbonyl (C=O) groups is 2. The van der Waals surface area contributed by atoms with Crippen LogP contribution < -0.4 is 20.1 Å². The topological polar surface area (TPSA) is 94.5 Å². The van der Waals surface area contributed by atoms with E-state index in [1.165, 1.54) is 6.92 Å². The number of benzene rings is 3. The van der Waals surface area contributed by atoms with Crippen LogP contribution in [0.25, 0.3) is 16.8 Å². The summed E-state index contributed by atoms with van der Waals surface area (Å²) < 4.78 is 12.8. The minimum Gasteiger partial charge on any atom is -0.486 e. The van der Waals surface area contributed by atoms with Gasteiger partial charge in [0.25, 0.3) is 5.91 Å². The molecule has 0 aliphatic carbocycles. The SMILES string of the molecule is CC(=O)Nc1c(-c2ccccc2)c(C)nn1-c1ccc(C(=O)Nc2ccc3c(c2)OCCO3)cc1. The number of nitrogens with one attached hydrogen (secondary N) is 2. The van der Waals surface area contributed by atoms with Crippen LogP contribution in [0.15, 0.2) is 72.8 Å². The molecule has 0 atom stereocenters. The number of aryl methyl sites for hydroxylation is 1. The Morgan fingerprint density at radius 2 is 1.60 bits per heavy atom. The quantitative estimate of drug-likeness (QED) is 0.438. The molecule has 2 heterocycles. The Labute approximate surface area is 202 Å². The van der Waals surface area contributed by atoms with Crippen molar-refractivity contribution in [1.29, 1.82) is 0 Å². The Kier molecular flexibility index (Phi) is 5.93. The highest BCUT2D eigenvalue weighted by atomic mass is 16.6. The van der Waals surface area contributed by atoms with E-state index in [1.54, 1.807) is 47.1 Å². The van der Waals surface area contributed by atoms with Crippen molar-refractivity contribution in [2.75, 3.05) is 23.8 Å². The summed E-state index contributed by atoms with van der Waals surface area (Å²) in [6.45, 7) is 4.36. The molecule has 3 aromatic carbocycles. The van der Waals surface area contributed by atoms with Gasteiger partial charge in [-0.3, -0.25) is 9.59 Å². The molecule has 176 valence electrons. The second-order valence-electron chi connectivity index (χ2n) is 8.13. The molecule has 0 saturated carbocycles. The first kappa shape index (κ1) is 22.2. The summed E-state index contributed by atoms with van der Waals surface area (Å²) in [5, 5.41) is 10.5. The highest BCUT2D eigenvalue weighted by Crippen LogP contribution is 2.34. The first-order valence-electron chi connectivity index (χ1n) is 11.2. The lowest BCUT2D eigenvalue weighted by Crippen LogP contribution is -2.16. The standard InChI is InChI=1S/C27H24N4O4/c1-17-25(19-6-4-3-5-7-19)26(28-18(2)32)31(30-17)22-11-8-20(9-12-22)27(33)29-21-10-13-23-24(16-21)35-15-14-34-23/h3-13,16H,14-15H2,1-2H3,(H,28,32)(H,29,33). The molecule has 0 unspecified atom stereocenters. The number of anilines is 2. The minimum atomic E-state index is -0.253. The van der Waals surface area contributed by atoms with E-state index >= 15 is 0 Å². The van der Waals surface area contributed by atoms with E-state index in [-0.39, 0.29) is 11.8 Å². The van der Waals surface area contributed by atoms with Crippen molar-refractivity contribution in [1.82, 2.24) is 9.78 Å².